The Hall–Kier alpha value is -2.64. The predicted octanol–water partition coefficient (Wildman–Crippen LogP) is 2.59. The molecule has 6 nitrogen and oxygen atoms in total. The summed E-state index contributed by atoms with van der Waals surface area (Å²) in [5.74, 6) is 0.432. The van der Waals surface area contributed by atoms with Crippen LogP contribution in [0.15, 0.2) is 46.9 Å². The third kappa shape index (κ3) is 5.53. The second kappa shape index (κ2) is 8.28. The minimum atomic E-state index is -0.456. The first-order valence-corrected chi connectivity index (χ1v) is 7.64. The molecule has 1 heterocycles. The van der Waals surface area contributed by atoms with E-state index in [1.807, 2.05) is 0 Å². The van der Waals surface area contributed by atoms with E-state index in [4.69, 9.17) is 28.2 Å². The largest absolute Gasteiger partial charge is 0.462 e. The topological polar surface area (TPSA) is 83.4 Å². The Morgan fingerprint density at radius 1 is 1.12 bits per heavy atom. The number of hydrogen-bond acceptors (Lipinski definition) is 4. The van der Waals surface area contributed by atoms with Crippen LogP contribution in [0.25, 0.3) is 6.08 Å². The average Bonchev–Trinajstić information content (AvgIpc) is 2.97. The third-order valence-corrected chi connectivity index (χ3v) is 3.25. The summed E-state index contributed by atoms with van der Waals surface area (Å²) in [6.45, 7) is 1.81. The predicted molar refractivity (Wildman–Crippen MR) is 95.3 cm³/mol. The molecule has 2 aromatic rings. The van der Waals surface area contributed by atoms with Gasteiger partial charge in [0.2, 0.25) is 5.91 Å². The highest BCUT2D eigenvalue weighted by Crippen LogP contribution is 2.09. The number of thiocarbonyl (C=S) groups is 1. The summed E-state index contributed by atoms with van der Waals surface area (Å²) in [6.07, 6.45) is 2.78. The lowest BCUT2D eigenvalue weighted by atomic mass is 10.2. The van der Waals surface area contributed by atoms with Gasteiger partial charge < -0.3 is 4.42 Å². The number of furan rings is 1. The van der Waals surface area contributed by atoms with Gasteiger partial charge >= 0.3 is 0 Å². The minimum Gasteiger partial charge on any atom is -0.462 e. The van der Waals surface area contributed by atoms with Crippen molar-refractivity contribution in [1.29, 1.82) is 0 Å². The van der Waals surface area contributed by atoms with Crippen molar-refractivity contribution in [2.24, 2.45) is 0 Å². The number of hydrazine groups is 1. The number of aryl methyl sites for hydroxylation is 1. The van der Waals surface area contributed by atoms with Crippen molar-refractivity contribution >= 4 is 46.8 Å². The zero-order valence-electron chi connectivity index (χ0n) is 12.6. The van der Waals surface area contributed by atoms with Crippen molar-refractivity contribution in [3.8, 4) is 0 Å². The summed E-state index contributed by atoms with van der Waals surface area (Å²) in [5, 5.41) is 2.88. The molecule has 1 aromatic carbocycles. The Morgan fingerprint density at radius 3 is 2.46 bits per heavy atom. The Balaban J connectivity index is 1.78. The SMILES string of the molecule is Cc1ccc(C=CC(=O)NC(=S)NNC(=O)c2ccc(Cl)cc2)o1. The molecule has 0 aliphatic rings. The van der Waals surface area contributed by atoms with E-state index in [0.29, 0.717) is 16.3 Å². The maximum atomic E-state index is 11.8. The molecule has 0 aliphatic carbocycles. The Morgan fingerprint density at radius 2 is 1.83 bits per heavy atom. The molecule has 0 bridgehead atoms. The Labute approximate surface area is 148 Å². The van der Waals surface area contributed by atoms with Crippen molar-refractivity contribution in [2.75, 3.05) is 0 Å². The first-order valence-electron chi connectivity index (χ1n) is 6.85. The van der Waals surface area contributed by atoms with Crippen molar-refractivity contribution in [3.63, 3.8) is 0 Å². The molecule has 0 saturated carbocycles. The van der Waals surface area contributed by atoms with Gasteiger partial charge in [0, 0.05) is 16.7 Å². The van der Waals surface area contributed by atoms with Gasteiger partial charge in [0.15, 0.2) is 5.11 Å². The van der Waals surface area contributed by atoms with E-state index in [0.717, 1.165) is 5.76 Å². The maximum absolute atomic E-state index is 11.8. The summed E-state index contributed by atoms with van der Waals surface area (Å²) in [6, 6.07) is 9.84. The molecule has 0 unspecified atom stereocenters. The second-order valence-corrected chi connectivity index (χ2v) is 5.53. The second-order valence-electron chi connectivity index (χ2n) is 4.69. The van der Waals surface area contributed by atoms with Crippen LogP contribution in [0.1, 0.15) is 21.9 Å². The molecule has 124 valence electrons. The molecule has 0 spiro atoms. The molecule has 0 saturated heterocycles. The van der Waals surface area contributed by atoms with E-state index < -0.39 is 11.8 Å². The highest BCUT2D eigenvalue weighted by molar-refractivity contribution is 7.80. The van der Waals surface area contributed by atoms with Gasteiger partial charge in [0.05, 0.1) is 0 Å². The van der Waals surface area contributed by atoms with E-state index in [9.17, 15) is 9.59 Å². The average molecular weight is 364 g/mol. The van der Waals surface area contributed by atoms with E-state index in [1.54, 1.807) is 43.3 Å². The summed E-state index contributed by atoms with van der Waals surface area (Å²) in [4.78, 5) is 23.5. The van der Waals surface area contributed by atoms with E-state index >= 15 is 0 Å². The zero-order chi connectivity index (χ0) is 17.5. The van der Waals surface area contributed by atoms with Crippen LogP contribution in [0.3, 0.4) is 0 Å². The van der Waals surface area contributed by atoms with Crippen LogP contribution >= 0.6 is 23.8 Å². The van der Waals surface area contributed by atoms with Gasteiger partial charge in [0.1, 0.15) is 11.5 Å². The van der Waals surface area contributed by atoms with E-state index in [1.165, 1.54) is 12.2 Å². The molecule has 3 N–H and O–H groups in total. The van der Waals surface area contributed by atoms with Crippen LogP contribution in [0.2, 0.25) is 5.02 Å². The minimum absolute atomic E-state index is 0.0393. The first kappa shape index (κ1) is 17.7. The third-order valence-electron chi connectivity index (χ3n) is 2.79. The number of nitrogens with one attached hydrogen (secondary N) is 3. The highest BCUT2D eigenvalue weighted by Gasteiger charge is 2.06. The lowest BCUT2D eigenvalue weighted by Crippen LogP contribution is -2.48. The van der Waals surface area contributed by atoms with Crippen LogP contribution in [0.4, 0.5) is 0 Å². The molecular formula is C16H14ClN3O3S. The van der Waals surface area contributed by atoms with Crippen molar-refractivity contribution in [1.82, 2.24) is 16.2 Å². The number of halogens is 1. The molecule has 0 atom stereocenters. The summed E-state index contributed by atoms with van der Waals surface area (Å²) < 4.78 is 5.29. The molecule has 2 rings (SSSR count). The number of hydrogen-bond donors (Lipinski definition) is 3. The van der Waals surface area contributed by atoms with Gasteiger partial charge in [-0.3, -0.25) is 25.8 Å². The smallest absolute Gasteiger partial charge is 0.269 e. The van der Waals surface area contributed by atoms with Gasteiger partial charge in [-0.2, -0.15) is 0 Å². The van der Waals surface area contributed by atoms with Crippen molar-refractivity contribution in [2.45, 2.75) is 6.92 Å². The Bertz CT molecular complexity index is 784. The first-order chi connectivity index (χ1) is 11.4. The maximum Gasteiger partial charge on any atom is 0.269 e. The fraction of sp³-hybridized carbons (Fsp3) is 0.0625. The van der Waals surface area contributed by atoms with Crippen molar-refractivity contribution in [3.05, 3.63) is 64.6 Å². The fourth-order valence-corrected chi connectivity index (χ4v) is 1.95. The quantitative estimate of drug-likeness (QED) is 0.443. The molecule has 0 radical (unpaired) electrons. The van der Waals surface area contributed by atoms with Crippen LogP contribution in [0, 0.1) is 6.92 Å². The molecular weight excluding hydrogens is 350 g/mol. The lowest BCUT2D eigenvalue weighted by Gasteiger charge is -2.09. The van der Waals surface area contributed by atoms with Gasteiger partial charge in [-0.25, -0.2) is 0 Å². The zero-order valence-corrected chi connectivity index (χ0v) is 14.2. The van der Waals surface area contributed by atoms with Crippen LogP contribution in [-0.4, -0.2) is 16.9 Å². The number of benzene rings is 1. The molecule has 0 fully saturated rings. The summed E-state index contributed by atoms with van der Waals surface area (Å²) in [7, 11) is 0. The van der Waals surface area contributed by atoms with Crippen LogP contribution < -0.4 is 16.2 Å². The molecule has 24 heavy (non-hydrogen) atoms. The van der Waals surface area contributed by atoms with Crippen molar-refractivity contribution < 1.29 is 14.0 Å². The van der Waals surface area contributed by atoms with E-state index in [-0.39, 0.29) is 5.11 Å². The van der Waals surface area contributed by atoms with Gasteiger partial charge in [-0.05, 0) is 61.6 Å². The van der Waals surface area contributed by atoms with Crippen LogP contribution in [-0.2, 0) is 4.79 Å². The Kier molecular flexibility index (Phi) is 6.11. The molecule has 0 aliphatic heterocycles. The van der Waals surface area contributed by atoms with Gasteiger partial charge in [0.25, 0.3) is 5.91 Å². The highest BCUT2D eigenvalue weighted by atomic mass is 35.5. The van der Waals surface area contributed by atoms with Gasteiger partial charge in [-0.1, -0.05) is 11.6 Å². The summed E-state index contributed by atoms with van der Waals surface area (Å²) in [5.41, 5.74) is 5.21. The normalized spacial score (nSPS) is 10.4. The number of amides is 2. The monoisotopic (exact) mass is 363 g/mol. The fourth-order valence-electron chi connectivity index (χ4n) is 1.67. The standard InChI is InChI=1S/C16H14ClN3O3S/c1-10-2-7-13(23-10)8-9-14(21)18-16(24)20-19-15(22)11-3-5-12(17)6-4-11/h2-9H,1H3,(H,19,22)(H2,18,20,21,24). The van der Waals surface area contributed by atoms with E-state index in [2.05, 4.69) is 16.2 Å². The molecule has 2 amide bonds. The summed E-state index contributed by atoms with van der Waals surface area (Å²) >= 11 is 10.7. The molecule has 1 aromatic heterocycles. The molecule has 8 heteroatoms. The lowest BCUT2D eigenvalue weighted by molar-refractivity contribution is -0.115. The van der Waals surface area contributed by atoms with Crippen LogP contribution in [0.5, 0.6) is 0 Å². The number of rotatable bonds is 3. The van der Waals surface area contributed by atoms with Gasteiger partial charge in [-0.15, -0.1) is 0 Å². The number of carbonyl (C=O) groups is 2. The number of carbonyl (C=O) groups excluding carboxylic acids is 2.